The van der Waals surface area contributed by atoms with Crippen molar-refractivity contribution in [3.05, 3.63) is 81.0 Å². The molecular formula is C23H22BrNO4. The van der Waals surface area contributed by atoms with E-state index in [1.165, 1.54) is 6.07 Å². The Morgan fingerprint density at radius 3 is 2.62 bits per heavy atom. The Balaban J connectivity index is 1.98. The van der Waals surface area contributed by atoms with E-state index in [2.05, 4.69) is 15.9 Å². The van der Waals surface area contributed by atoms with E-state index < -0.39 is 5.97 Å². The van der Waals surface area contributed by atoms with Gasteiger partial charge in [0.05, 0.1) is 17.8 Å². The summed E-state index contributed by atoms with van der Waals surface area (Å²) in [5.41, 5.74) is 2.58. The second-order valence-corrected chi connectivity index (χ2v) is 7.55. The molecule has 0 saturated carbocycles. The largest absolute Gasteiger partial charge is 0.507 e. The Morgan fingerprint density at radius 2 is 1.93 bits per heavy atom. The number of ether oxygens (including phenoxy) is 1. The standard InChI is InChI=1S/C23H22BrNO4/c1-3-29-23(28)21-15(2)25(12-11-16-7-5-4-6-8-16)22(27)19(21)14-17-13-18(24)9-10-20(17)26/h4-10,13-14,26H,3,11-12H2,1-2H3/b19-14-. The van der Waals surface area contributed by atoms with Gasteiger partial charge in [-0.05, 0) is 50.1 Å². The van der Waals surface area contributed by atoms with Gasteiger partial charge in [0.1, 0.15) is 5.75 Å². The third-order valence-corrected chi connectivity index (χ3v) is 5.24. The third kappa shape index (κ3) is 4.59. The molecular weight excluding hydrogens is 434 g/mol. The molecule has 6 heteroatoms. The molecule has 2 aromatic carbocycles. The van der Waals surface area contributed by atoms with Crippen molar-refractivity contribution in [3.63, 3.8) is 0 Å². The van der Waals surface area contributed by atoms with E-state index in [-0.39, 0.29) is 29.4 Å². The first-order chi connectivity index (χ1) is 13.9. The van der Waals surface area contributed by atoms with Crippen molar-refractivity contribution in [3.8, 4) is 5.75 Å². The highest BCUT2D eigenvalue weighted by Crippen LogP contribution is 2.34. The summed E-state index contributed by atoms with van der Waals surface area (Å²) in [5, 5.41) is 10.2. The van der Waals surface area contributed by atoms with Gasteiger partial charge >= 0.3 is 5.97 Å². The Kier molecular flexibility index (Phi) is 6.54. The summed E-state index contributed by atoms with van der Waals surface area (Å²) in [7, 11) is 0. The van der Waals surface area contributed by atoms with E-state index >= 15 is 0 Å². The lowest BCUT2D eigenvalue weighted by Crippen LogP contribution is -2.27. The molecule has 1 amide bonds. The molecule has 1 N–H and O–H groups in total. The van der Waals surface area contributed by atoms with E-state index in [0.29, 0.717) is 24.2 Å². The van der Waals surface area contributed by atoms with Gasteiger partial charge in [-0.25, -0.2) is 4.79 Å². The molecule has 3 rings (SSSR count). The molecule has 5 nitrogen and oxygen atoms in total. The van der Waals surface area contributed by atoms with Crippen LogP contribution in [-0.4, -0.2) is 35.0 Å². The monoisotopic (exact) mass is 455 g/mol. The fraction of sp³-hybridized carbons (Fsp3) is 0.217. The van der Waals surface area contributed by atoms with Crippen molar-refractivity contribution in [2.24, 2.45) is 0 Å². The molecule has 0 radical (unpaired) electrons. The topological polar surface area (TPSA) is 66.8 Å². The Bertz CT molecular complexity index is 995. The van der Waals surface area contributed by atoms with Gasteiger partial charge in [-0.15, -0.1) is 0 Å². The van der Waals surface area contributed by atoms with Crippen molar-refractivity contribution in [1.82, 2.24) is 4.90 Å². The van der Waals surface area contributed by atoms with Gasteiger partial charge in [-0.1, -0.05) is 46.3 Å². The second kappa shape index (κ2) is 9.09. The van der Waals surface area contributed by atoms with E-state index in [1.54, 1.807) is 37.0 Å². The van der Waals surface area contributed by atoms with Crippen LogP contribution in [0.4, 0.5) is 0 Å². The van der Waals surface area contributed by atoms with Crippen molar-refractivity contribution in [2.45, 2.75) is 20.3 Å². The maximum atomic E-state index is 13.2. The molecule has 29 heavy (non-hydrogen) atoms. The van der Waals surface area contributed by atoms with Gasteiger partial charge in [0.2, 0.25) is 0 Å². The van der Waals surface area contributed by atoms with Crippen LogP contribution in [0.5, 0.6) is 5.75 Å². The quantitative estimate of drug-likeness (QED) is 0.515. The lowest BCUT2D eigenvalue weighted by molar-refractivity contribution is -0.138. The average molecular weight is 456 g/mol. The lowest BCUT2D eigenvalue weighted by Gasteiger charge is -2.17. The van der Waals surface area contributed by atoms with Crippen LogP contribution in [0.1, 0.15) is 25.0 Å². The fourth-order valence-electron chi connectivity index (χ4n) is 3.28. The number of benzene rings is 2. The Labute approximate surface area is 178 Å². The van der Waals surface area contributed by atoms with Crippen LogP contribution >= 0.6 is 15.9 Å². The van der Waals surface area contributed by atoms with Gasteiger partial charge in [0.15, 0.2) is 0 Å². The molecule has 0 aromatic heterocycles. The Hall–Kier alpha value is -2.86. The number of phenolic OH excluding ortho intramolecular Hbond substituents is 1. The number of aromatic hydroxyl groups is 1. The number of phenols is 1. The summed E-state index contributed by atoms with van der Waals surface area (Å²) in [5.74, 6) is -0.792. The fourth-order valence-corrected chi connectivity index (χ4v) is 3.66. The van der Waals surface area contributed by atoms with Crippen molar-refractivity contribution in [2.75, 3.05) is 13.2 Å². The van der Waals surface area contributed by atoms with Gasteiger partial charge in [-0.3, -0.25) is 4.79 Å². The number of hydrogen-bond acceptors (Lipinski definition) is 4. The average Bonchev–Trinajstić information content (AvgIpc) is 2.93. The summed E-state index contributed by atoms with van der Waals surface area (Å²) in [6.07, 6.45) is 2.20. The van der Waals surface area contributed by atoms with E-state index in [4.69, 9.17) is 4.74 Å². The van der Waals surface area contributed by atoms with Gasteiger partial charge in [0, 0.05) is 22.3 Å². The van der Waals surface area contributed by atoms with Gasteiger partial charge in [-0.2, -0.15) is 0 Å². The van der Waals surface area contributed by atoms with Gasteiger partial charge < -0.3 is 14.7 Å². The molecule has 0 atom stereocenters. The first-order valence-electron chi connectivity index (χ1n) is 9.36. The number of hydrogen-bond donors (Lipinski definition) is 1. The number of carbonyl (C=O) groups excluding carboxylic acids is 2. The normalized spacial score (nSPS) is 15.3. The molecule has 1 heterocycles. The van der Waals surface area contributed by atoms with Crippen LogP contribution in [0.2, 0.25) is 0 Å². The number of halogens is 1. The zero-order valence-electron chi connectivity index (χ0n) is 16.3. The lowest BCUT2D eigenvalue weighted by atomic mass is 10.0. The maximum Gasteiger partial charge on any atom is 0.340 e. The van der Waals surface area contributed by atoms with E-state index in [9.17, 15) is 14.7 Å². The predicted molar refractivity (Wildman–Crippen MR) is 115 cm³/mol. The van der Waals surface area contributed by atoms with Crippen LogP contribution in [0, 0.1) is 0 Å². The number of amides is 1. The van der Waals surface area contributed by atoms with Crippen molar-refractivity contribution in [1.29, 1.82) is 0 Å². The van der Waals surface area contributed by atoms with Crippen molar-refractivity contribution >= 4 is 33.9 Å². The summed E-state index contributed by atoms with van der Waals surface area (Å²) >= 11 is 3.36. The van der Waals surface area contributed by atoms with Crippen LogP contribution in [-0.2, 0) is 20.7 Å². The molecule has 0 fully saturated rings. The molecule has 0 bridgehead atoms. The van der Waals surface area contributed by atoms with E-state index in [1.807, 2.05) is 30.3 Å². The zero-order valence-corrected chi connectivity index (χ0v) is 17.9. The Morgan fingerprint density at radius 1 is 1.21 bits per heavy atom. The first kappa shape index (κ1) is 20.9. The SMILES string of the molecule is CCOC(=O)C1=C(C)N(CCc2ccccc2)C(=O)/C1=C\c1cc(Br)ccc1O. The molecule has 0 saturated heterocycles. The number of nitrogens with zero attached hydrogens (tertiary/aromatic N) is 1. The number of rotatable bonds is 6. The minimum atomic E-state index is -0.540. The highest BCUT2D eigenvalue weighted by atomic mass is 79.9. The predicted octanol–water partition coefficient (Wildman–Crippen LogP) is 4.46. The number of esters is 1. The van der Waals surface area contributed by atoms with Crippen LogP contribution < -0.4 is 0 Å². The third-order valence-electron chi connectivity index (χ3n) is 4.75. The highest BCUT2D eigenvalue weighted by molar-refractivity contribution is 9.10. The molecule has 0 unspecified atom stereocenters. The molecule has 2 aromatic rings. The summed E-state index contributed by atoms with van der Waals surface area (Å²) in [6.45, 7) is 4.13. The van der Waals surface area contributed by atoms with Crippen LogP contribution in [0.3, 0.4) is 0 Å². The minimum absolute atomic E-state index is 0.0251. The zero-order chi connectivity index (χ0) is 21.0. The number of allylic oxidation sites excluding steroid dienone is 1. The first-order valence-corrected chi connectivity index (χ1v) is 10.2. The minimum Gasteiger partial charge on any atom is -0.507 e. The summed E-state index contributed by atoms with van der Waals surface area (Å²) in [6, 6.07) is 14.8. The summed E-state index contributed by atoms with van der Waals surface area (Å²) < 4.78 is 5.95. The molecule has 0 aliphatic carbocycles. The highest BCUT2D eigenvalue weighted by Gasteiger charge is 2.37. The molecule has 1 aliphatic heterocycles. The number of carbonyl (C=O) groups is 2. The van der Waals surface area contributed by atoms with Crippen LogP contribution in [0.15, 0.2) is 69.8 Å². The molecule has 1 aliphatic rings. The van der Waals surface area contributed by atoms with Crippen molar-refractivity contribution < 1.29 is 19.4 Å². The van der Waals surface area contributed by atoms with E-state index in [0.717, 1.165) is 10.0 Å². The second-order valence-electron chi connectivity index (χ2n) is 6.63. The molecule has 0 spiro atoms. The molecule has 150 valence electrons. The van der Waals surface area contributed by atoms with Gasteiger partial charge in [0.25, 0.3) is 5.91 Å². The summed E-state index contributed by atoms with van der Waals surface area (Å²) in [4.78, 5) is 27.4. The van der Waals surface area contributed by atoms with Crippen LogP contribution in [0.25, 0.3) is 6.08 Å². The maximum absolute atomic E-state index is 13.2. The smallest absolute Gasteiger partial charge is 0.340 e.